The van der Waals surface area contributed by atoms with Gasteiger partial charge in [0, 0.05) is 194 Å². The van der Waals surface area contributed by atoms with Gasteiger partial charge in [0.05, 0.1) is 23.5 Å². The second-order valence-corrected chi connectivity index (χ2v) is 43.5. The molecule has 0 atom stereocenters. The Balaban J connectivity index is 0.000000161. The summed E-state index contributed by atoms with van der Waals surface area (Å²) in [6, 6.07) is 101. The molecule has 0 aliphatic rings. The molecule has 0 saturated heterocycles. The van der Waals surface area contributed by atoms with E-state index in [1.165, 1.54) is 346 Å². The largest absolute Gasteiger partial charge is 0.340 e. The molecule has 22 rings (SSSR count). The predicted molar refractivity (Wildman–Crippen MR) is 582 cm³/mol. The van der Waals surface area contributed by atoms with Gasteiger partial charge >= 0.3 is 0 Å². The van der Waals surface area contributed by atoms with E-state index in [-0.39, 0.29) is 0 Å². The molecule has 0 aliphatic carbocycles. The van der Waals surface area contributed by atoms with Crippen molar-refractivity contribution in [3.63, 3.8) is 0 Å². The van der Waals surface area contributed by atoms with Gasteiger partial charge in [0.15, 0.2) is 0 Å². The highest BCUT2D eigenvalue weighted by molar-refractivity contribution is 7.26. The molecule has 0 N–H and O–H groups in total. The molecular weight excluding hydrogens is 1760 g/mol. The van der Waals surface area contributed by atoms with Crippen molar-refractivity contribution >= 4 is 201 Å². The van der Waals surface area contributed by atoms with Gasteiger partial charge in [-0.3, -0.25) is 0 Å². The summed E-state index contributed by atoms with van der Waals surface area (Å²) < 4.78 is 29.8. The fraction of sp³-hybridized carbons (Fsp3) is 0.276. The Morgan fingerprint density at radius 3 is 0.629 bits per heavy atom. The van der Waals surface area contributed by atoms with Crippen LogP contribution in [-0.2, 0) is 26.2 Å². The number of rotatable bonds is 38. The Kier molecular flexibility index (Phi) is 27.0. The van der Waals surface area contributed by atoms with Crippen molar-refractivity contribution in [2.45, 2.75) is 208 Å². The van der Waals surface area contributed by atoms with Crippen LogP contribution in [0.15, 0.2) is 267 Å². The molecule has 0 bridgehead atoms. The van der Waals surface area contributed by atoms with Crippen LogP contribution >= 0.6 is 91.5 Å². The van der Waals surface area contributed by atoms with Crippen molar-refractivity contribution in [3.05, 3.63) is 267 Å². The third-order valence-electron chi connectivity index (χ3n) is 27.2. The van der Waals surface area contributed by atoms with Crippen LogP contribution in [0, 0.1) is 0 Å². The number of fused-ring (bicyclic) bond motifs is 14. The highest BCUT2D eigenvalue weighted by atomic mass is 32.1. The molecule has 664 valence electrons. The van der Waals surface area contributed by atoms with E-state index in [1.807, 2.05) is 68.0 Å². The fourth-order valence-electron chi connectivity index (χ4n) is 20.3. The minimum absolute atomic E-state index is 0.980. The number of nitrogens with zero attached hydrogens (tertiary/aromatic N) is 8. The molecule has 0 fully saturated rings. The lowest BCUT2D eigenvalue weighted by Crippen LogP contribution is -1.97. The number of thiophene rings is 6. The lowest BCUT2D eigenvalue weighted by molar-refractivity contribution is 0.571. The fourth-order valence-corrected chi connectivity index (χ4v) is 27.7. The standard InChI is InChI=1S/C62H58N4S5.C54H54N4S3/c1-3-5-7-9-11-17-37-65-49-21-15-13-19-43(49)47-39-41(23-27-51(47)65)53-29-33-57(67-53)59-35-31-55(69-59)45-25-26-46(62-61(45)63-71-64-62)56-32-36-60(70-56)58-34-30-54(68-58)42-24-28-52-48(40-42)44-20-14-16-22-50(44)66(52)38-18-12-10-8-6-4-2;1-3-5-7-9-11-17-33-57-45-21-15-13-19-39(45)43-35-37(23-27-47(43)57)49-29-31-51(59-49)41-25-26-42(54-53(41)55-61-56-54)52-32-30-50(60-52)38-24-28-48-44(36-38)40-20-14-16-22-46(40)58(48)34-18-12-10-8-6-4-2/h13-16,19-36,39-40H,3-12,17-18,37-38H2,1-2H3;13-16,19-32,35-36H,3-12,17-18,33-34H2,1-2H3. The number of aryl methyl sites for hydroxylation is 4. The zero-order valence-electron chi connectivity index (χ0n) is 76.0. The van der Waals surface area contributed by atoms with Crippen LogP contribution in [0.25, 0.3) is 212 Å². The zero-order chi connectivity index (χ0) is 88.8. The monoisotopic (exact) mass is 1870 g/mol. The van der Waals surface area contributed by atoms with Gasteiger partial charge in [-0.15, -0.1) is 68.0 Å². The summed E-state index contributed by atoms with van der Waals surface area (Å²) in [5.74, 6) is 0. The summed E-state index contributed by atoms with van der Waals surface area (Å²) >= 11 is 13.8. The van der Waals surface area contributed by atoms with Gasteiger partial charge in [0.25, 0.3) is 0 Å². The van der Waals surface area contributed by atoms with Gasteiger partial charge in [0.1, 0.15) is 22.1 Å². The van der Waals surface area contributed by atoms with Gasteiger partial charge in [-0.05, 0) is 194 Å². The molecule has 8 nitrogen and oxygen atoms in total. The van der Waals surface area contributed by atoms with Crippen LogP contribution in [0.5, 0.6) is 0 Å². The van der Waals surface area contributed by atoms with Crippen LogP contribution in [0.4, 0.5) is 0 Å². The van der Waals surface area contributed by atoms with Gasteiger partial charge in [-0.25, -0.2) is 0 Å². The smallest absolute Gasteiger partial charge is 0.114 e. The summed E-state index contributed by atoms with van der Waals surface area (Å²) in [6.07, 6.45) is 31.4. The number of unbranched alkanes of at least 4 members (excludes halogenated alkanes) is 20. The second kappa shape index (κ2) is 40.6. The first-order valence-corrected chi connectivity index (χ1v) is 54.9. The molecule has 0 spiro atoms. The molecule has 132 heavy (non-hydrogen) atoms. The van der Waals surface area contributed by atoms with Crippen molar-refractivity contribution in [1.82, 2.24) is 35.8 Å². The van der Waals surface area contributed by atoms with E-state index in [9.17, 15) is 0 Å². The maximum atomic E-state index is 4.90. The van der Waals surface area contributed by atoms with Crippen molar-refractivity contribution in [3.8, 4) is 103 Å². The zero-order valence-corrected chi connectivity index (χ0v) is 82.6. The Bertz CT molecular complexity index is 7340. The lowest BCUT2D eigenvalue weighted by atomic mass is 10.1. The van der Waals surface area contributed by atoms with E-state index in [1.54, 1.807) is 0 Å². The van der Waals surface area contributed by atoms with Crippen LogP contribution in [0.1, 0.15) is 182 Å². The van der Waals surface area contributed by atoms with Crippen LogP contribution in [-0.4, -0.2) is 35.8 Å². The van der Waals surface area contributed by atoms with Gasteiger partial charge < -0.3 is 18.3 Å². The molecule has 0 amide bonds. The molecule has 16 heteroatoms. The molecule has 12 aromatic heterocycles. The topological polar surface area (TPSA) is 71.3 Å². The first-order chi connectivity index (χ1) is 65.3. The van der Waals surface area contributed by atoms with Gasteiger partial charge in [-0.1, -0.05) is 277 Å². The van der Waals surface area contributed by atoms with Crippen molar-refractivity contribution < 1.29 is 0 Å². The molecule has 0 unspecified atom stereocenters. The Hall–Kier alpha value is -10.8. The number of benzene rings is 10. The summed E-state index contributed by atoms with van der Waals surface area (Å²) in [5.41, 5.74) is 24.4. The van der Waals surface area contributed by atoms with E-state index in [2.05, 4.69) is 313 Å². The predicted octanol–water partition coefficient (Wildman–Crippen LogP) is 38.3. The Morgan fingerprint density at radius 1 is 0.182 bits per heavy atom. The molecular formula is C116H112N8S8. The van der Waals surface area contributed by atoms with E-state index in [4.69, 9.17) is 17.5 Å². The quantitative estimate of drug-likeness (QED) is 0.0362. The van der Waals surface area contributed by atoms with E-state index in [0.717, 1.165) is 70.5 Å². The van der Waals surface area contributed by atoms with Crippen LogP contribution in [0.2, 0.25) is 0 Å². The molecule has 22 aromatic rings. The molecule has 0 saturated carbocycles. The average Bonchev–Trinajstić information content (AvgIpc) is 1.62. The van der Waals surface area contributed by atoms with Crippen LogP contribution in [0.3, 0.4) is 0 Å². The van der Waals surface area contributed by atoms with Crippen LogP contribution < -0.4 is 0 Å². The third kappa shape index (κ3) is 17.9. The second-order valence-electron chi connectivity index (χ2n) is 35.9. The van der Waals surface area contributed by atoms with E-state index in [0.29, 0.717) is 0 Å². The number of aromatic nitrogens is 8. The third-order valence-corrected chi connectivity index (χ3v) is 35.5. The molecule has 0 aliphatic heterocycles. The summed E-state index contributed by atoms with van der Waals surface area (Å²) in [6.45, 7) is 13.4. The first-order valence-electron chi connectivity index (χ1n) is 48.5. The highest BCUT2D eigenvalue weighted by Crippen LogP contribution is 2.50. The number of hydrogen-bond acceptors (Lipinski definition) is 12. The Labute approximate surface area is 807 Å². The van der Waals surface area contributed by atoms with E-state index >= 15 is 0 Å². The normalized spacial score (nSPS) is 12.0. The highest BCUT2D eigenvalue weighted by Gasteiger charge is 2.24. The minimum Gasteiger partial charge on any atom is -0.340 e. The van der Waals surface area contributed by atoms with Gasteiger partial charge in [0.2, 0.25) is 0 Å². The SMILES string of the molecule is CCCCCCCCn1c2ccccc2c2cc(-c3ccc(-c4ccc(-c5ccc(-c6ccc(-c7ccc(-c8ccc9c(c8)c8ccccc8n9CCCCCCCC)s7)s6)c6nsnc56)s4)s3)ccc21.CCCCCCCCn1c2ccccc2c2cc(-c3ccc(-c4ccc(-c5ccc(-c6ccc7c(c6)c6ccccc6n7CCCCCCCC)s5)c5nsnc45)s3)ccc21. The Morgan fingerprint density at radius 2 is 0.379 bits per heavy atom. The molecule has 10 aromatic carbocycles. The van der Waals surface area contributed by atoms with Gasteiger partial charge in [-0.2, -0.15) is 17.5 Å². The first kappa shape index (κ1) is 87.9. The minimum atomic E-state index is 0.980. The summed E-state index contributed by atoms with van der Waals surface area (Å²) in [4.78, 5) is 15.2. The molecule has 0 radical (unpaired) electrons. The summed E-state index contributed by atoms with van der Waals surface area (Å²) in [7, 11) is 0. The lowest BCUT2D eigenvalue weighted by Gasteiger charge is -2.08. The van der Waals surface area contributed by atoms with E-state index < -0.39 is 0 Å². The average molecular weight is 1870 g/mol. The number of hydrogen-bond donors (Lipinski definition) is 0. The molecule has 12 heterocycles. The van der Waals surface area contributed by atoms with Crippen molar-refractivity contribution in [1.29, 1.82) is 0 Å². The summed E-state index contributed by atoms with van der Waals surface area (Å²) in [5, 5.41) is 10.8. The van der Waals surface area contributed by atoms with Crippen molar-refractivity contribution in [2.24, 2.45) is 0 Å². The maximum absolute atomic E-state index is 4.90. The number of para-hydroxylation sites is 4. The van der Waals surface area contributed by atoms with Crippen molar-refractivity contribution in [2.75, 3.05) is 0 Å². The maximum Gasteiger partial charge on any atom is 0.114 e.